The van der Waals surface area contributed by atoms with Gasteiger partial charge in [0.15, 0.2) is 0 Å². The Morgan fingerprint density at radius 1 is 1.44 bits per heavy atom. The molecule has 0 aliphatic heterocycles. The summed E-state index contributed by atoms with van der Waals surface area (Å²) >= 11 is 0. The summed E-state index contributed by atoms with van der Waals surface area (Å²) in [4.78, 5) is 15.2. The number of nitrogens with one attached hydrogen (secondary N) is 2. The van der Waals surface area contributed by atoms with Crippen LogP contribution in [0.4, 0.5) is 0 Å². The van der Waals surface area contributed by atoms with Crippen LogP contribution in [0.2, 0.25) is 0 Å². The Labute approximate surface area is 96.5 Å². The first kappa shape index (κ1) is 12.6. The molecule has 0 aliphatic rings. The van der Waals surface area contributed by atoms with Gasteiger partial charge in [0.2, 0.25) is 5.91 Å². The van der Waals surface area contributed by atoms with Gasteiger partial charge in [-0.1, -0.05) is 0 Å². The lowest BCUT2D eigenvalue weighted by Crippen LogP contribution is -2.28. The number of hydrogen-bond acceptors (Lipinski definition) is 3. The molecule has 1 amide bonds. The van der Waals surface area contributed by atoms with Gasteiger partial charge in [-0.15, -0.1) is 0 Å². The summed E-state index contributed by atoms with van der Waals surface area (Å²) in [6.45, 7) is 5.38. The molecule has 1 aromatic heterocycles. The average molecular weight is 221 g/mol. The van der Waals surface area contributed by atoms with Crippen LogP contribution in [0.15, 0.2) is 24.5 Å². The van der Waals surface area contributed by atoms with E-state index >= 15 is 0 Å². The Morgan fingerprint density at radius 2 is 2.12 bits per heavy atom. The second-order valence-electron chi connectivity index (χ2n) is 3.66. The average Bonchev–Trinajstić information content (AvgIpc) is 2.30. The van der Waals surface area contributed by atoms with Crippen molar-refractivity contribution < 1.29 is 4.79 Å². The molecule has 1 atom stereocenters. The van der Waals surface area contributed by atoms with Crippen molar-refractivity contribution >= 4 is 5.91 Å². The van der Waals surface area contributed by atoms with Gasteiger partial charge < -0.3 is 10.6 Å². The fourth-order valence-corrected chi connectivity index (χ4v) is 1.46. The predicted octanol–water partition coefficient (Wildman–Crippen LogP) is 1.26. The maximum atomic E-state index is 11.2. The number of amides is 1. The van der Waals surface area contributed by atoms with Crippen LogP contribution in [0.3, 0.4) is 0 Å². The van der Waals surface area contributed by atoms with Crippen LogP contribution in [0.1, 0.15) is 31.9 Å². The van der Waals surface area contributed by atoms with E-state index in [2.05, 4.69) is 22.5 Å². The molecule has 4 nitrogen and oxygen atoms in total. The number of hydrogen-bond donors (Lipinski definition) is 2. The predicted molar refractivity (Wildman–Crippen MR) is 64.0 cm³/mol. The van der Waals surface area contributed by atoms with Gasteiger partial charge in [-0.2, -0.15) is 0 Å². The smallest absolute Gasteiger partial charge is 0.221 e. The van der Waals surface area contributed by atoms with Crippen LogP contribution in [0.25, 0.3) is 0 Å². The van der Waals surface area contributed by atoms with Crippen molar-refractivity contribution in [2.45, 2.75) is 26.3 Å². The van der Waals surface area contributed by atoms with Gasteiger partial charge in [-0.05, 0) is 31.5 Å². The minimum absolute atomic E-state index is 0.0944. The lowest BCUT2D eigenvalue weighted by Gasteiger charge is -2.13. The molecule has 1 aromatic rings. The zero-order valence-electron chi connectivity index (χ0n) is 9.86. The Balaban J connectivity index is 2.26. The summed E-state index contributed by atoms with van der Waals surface area (Å²) in [6, 6.07) is 4.20. The van der Waals surface area contributed by atoms with Crippen molar-refractivity contribution in [3.05, 3.63) is 30.1 Å². The molecule has 0 aromatic carbocycles. The third kappa shape index (κ3) is 4.40. The van der Waals surface area contributed by atoms with Crippen molar-refractivity contribution in [3.8, 4) is 0 Å². The third-order valence-electron chi connectivity index (χ3n) is 2.38. The Morgan fingerprint density at radius 3 is 2.75 bits per heavy atom. The topological polar surface area (TPSA) is 54.0 Å². The van der Waals surface area contributed by atoms with Gasteiger partial charge in [-0.3, -0.25) is 9.78 Å². The summed E-state index contributed by atoms with van der Waals surface area (Å²) < 4.78 is 0. The van der Waals surface area contributed by atoms with E-state index in [4.69, 9.17) is 0 Å². The van der Waals surface area contributed by atoms with Gasteiger partial charge in [0.1, 0.15) is 0 Å². The van der Waals surface area contributed by atoms with Crippen molar-refractivity contribution in [1.29, 1.82) is 0 Å². The largest absolute Gasteiger partial charge is 0.356 e. The summed E-state index contributed by atoms with van der Waals surface area (Å²) in [5.74, 6) is 0.0944. The molecular weight excluding hydrogens is 202 g/mol. The Kier molecular flexibility index (Phi) is 5.50. The second kappa shape index (κ2) is 6.95. The molecule has 1 rings (SSSR count). The molecule has 0 unspecified atom stereocenters. The van der Waals surface area contributed by atoms with Crippen LogP contribution in [-0.4, -0.2) is 24.0 Å². The molecular formula is C12H19N3O. The molecule has 0 aliphatic carbocycles. The first-order chi connectivity index (χ1) is 7.74. The second-order valence-corrected chi connectivity index (χ2v) is 3.66. The molecule has 88 valence electrons. The molecule has 2 N–H and O–H groups in total. The highest BCUT2D eigenvalue weighted by Gasteiger charge is 2.05. The van der Waals surface area contributed by atoms with E-state index in [9.17, 15) is 4.79 Å². The standard InChI is InChI=1S/C12H19N3O/c1-3-14-12(16)6-9-15-10(2)11-4-7-13-8-5-11/h4-5,7-8,10,15H,3,6,9H2,1-2H3,(H,14,16)/t10-/m1/s1. The van der Waals surface area contributed by atoms with Crippen molar-refractivity contribution in [2.24, 2.45) is 0 Å². The normalized spacial score (nSPS) is 12.1. The lowest BCUT2D eigenvalue weighted by atomic mass is 10.1. The van der Waals surface area contributed by atoms with Crippen LogP contribution in [0, 0.1) is 0 Å². The highest BCUT2D eigenvalue weighted by molar-refractivity contribution is 5.75. The fraction of sp³-hybridized carbons (Fsp3) is 0.500. The molecule has 4 heteroatoms. The highest BCUT2D eigenvalue weighted by Crippen LogP contribution is 2.09. The zero-order valence-corrected chi connectivity index (χ0v) is 9.86. The number of pyridine rings is 1. The molecule has 0 spiro atoms. The Bertz CT molecular complexity index is 313. The van der Waals surface area contributed by atoms with Gasteiger partial charge in [0.05, 0.1) is 0 Å². The molecule has 0 fully saturated rings. The Hall–Kier alpha value is -1.42. The lowest BCUT2D eigenvalue weighted by molar-refractivity contribution is -0.120. The maximum Gasteiger partial charge on any atom is 0.221 e. The van der Waals surface area contributed by atoms with E-state index in [0.717, 1.165) is 0 Å². The zero-order chi connectivity index (χ0) is 11.8. The summed E-state index contributed by atoms with van der Waals surface area (Å²) in [5, 5.41) is 6.07. The van der Waals surface area contributed by atoms with E-state index in [-0.39, 0.29) is 11.9 Å². The maximum absolute atomic E-state index is 11.2. The summed E-state index contributed by atoms with van der Waals surface area (Å²) in [7, 11) is 0. The number of aromatic nitrogens is 1. The van der Waals surface area contributed by atoms with E-state index in [1.807, 2.05) is 19.1 Å². The monoisotopic (exact) mass is 221 g/mol. The van der Waals surface area contributed by atoms with E-state index in [1.165, 1.54) is 5.56 Å². The summed E-state index contributed by atoms with van der Waals surface area (Å²) in [5.41, 5.74) is 1.19. The van der Waals surface area contributed by atoms with Crippen molar-refractivity contribution in [3.63, 3.8) is 0 Å². The minimum atomic E-state index is 0.0944. The molecule has 0 bridgehead atoms. The first-order valence-electron chi connectivity index (χ1n) is 5.64. The van der Waals surface area contributed by atoms with E-state index < -0.39 is 0 Å². The molecule has 1 heterocycles. The van der Waals surface area contributed by atoms with Gasteiger partial charge in [0, 0.05) is 37.9 Å². The minimum Gasteiger partial charge on any atom is -0.356 e. The van der Waals surface area contributed by atoms with Gasteiger partial charge in [0.25, 0.3) is 0 Å². The van der Waals surface area contributed by atoms with E-state index in [1.54, 1.807) is 12.4 Å². The van der Waals surface area contributed by atoms with E-state index in [0.29, 0.717) is 19.5 Å². The van der Waals surface area contributed by atoms with Gasteiger partial charge >= 0.3 is 0 Å². The SMILES string of the molecule is CCNC(=O)CCN[C@H](C)c1ccncc1. The molecule has 0 saturated carbocycles. The molecule has 0 radical (unpaired) electrons. The van der Waals surface area contributed by atoms with Crippen molar-refractivity contribution in [2.75, 3.05) is 13.1 Å². The molecule has 16 heavy (non-hydrogen) atoms. The third-order valence-corrected chi connectivity index (χ3v) is 2.38. The first-order valence-corrected chi connectivity index (χ1v) is 5.64. The van der Waals surface area contributed by atoms with Gasteiger partial charge in [-0.25, -0.2) is 0 Å². The number of carbonyl (C=O) groups is 1. The number of carbonyl (C=O) groups excluding carboxylic acids is 1. The number of nitrogens with zero attached hydrogens (tertiary/aromatic N) is 1. The fourth-order valence-electron chi connectivity index (χ4n) is 1.46. The molecule has 0 saturated heterocycles. The highest BCUT2D eigenvalue weighted by atomic mass is 16.1. The van der Waals surface area contributed by atoms with Crippen LogP contribution in [-0.2, 0) is 4.79 Å². The summed E-state index contributed by atoms with van der Waals surface area (Å²) in [6.07, 6.45) is 4.07. The van der Waals surface area contributed by atoms with Crippen LogP contribution in [0.5, 0.6) is 0 Å². The van der Waals surface area contributed by atoms with Crippen LogP contribution >= 0.6 is 0 Å². The number of rotatable bonds is 6. The van der Waals surface area contributed by atoms with Crippen LogP contribution < -0.4 is 10.6 Å². The quantitative estimate of drug-likeness (QED) is 0.760. The van der Waals surface area contributed by atoms with Crippen molar-refractivity contribution in [1.82, 2.24) is 15.6 Å².